The predicted octanol–water partition coefficient (Wildman–Crippen LogP) is 0.845. The third-order valence-electron chi connectivity index (χ3n) is 1.56. The Morgan fingerprint density at radius 3 is 3.00 bits per heavy atom. The average molecular weight is 185 g/mol. The fraction of sp³-hybridized carbons (Fsp3) is 0.750. The van der Waals surface area contributed by atoms with E-state index in [1.54, 1.807) is 0 Å². The summed E-state index contributed by atoms with van der Waals surface area (Å²) in [6, 6.07) is 0. The Morgan fingerprint density at radius 2 is 2.38 bits per heavy atom. The number of rotatable bonds is 6. The zero-order valence-corrected chi connectivity index (χ0v) is 7.82. The van der Waals surface area contributed by atoms with E-state index in [1.165, 1.54) is 0 Å². The minimum Gasteiger partial charge on any atom is -0.372 e. The van der Waals surface area contributed by atoms with Gasteiger partial charge in [0.05, 0.1) is 6.54 Å². The molecule has 0 aliphatic heterocycles. The first-order valence-electron chi connectivity index (χ1n) is 4.46. The number of hydrogen-bond donors (Lipinski definition) is 1. The lowest BCUT2D eigenvalue weighted by atomic mass is 10.4. The second kappa shape index (κ2) is 5.66. The molecule has 0 atom stereocenters. The number of nitrogens with two attached hydrogens (primary N) is 1. The third kappa shape index (κ3) is 3.52. The highest BCUT2D eigenvalue weighted by Crippen LogP contribution is 1.99. The fourth-order valence-corrected chi connectivity index (χ4v) is 0.838. The van der Waals surface area contributed by atoms with Crippen molar-refractivity contribution >= 4 is 0 Å². The molecule has 0 aliphatic carbocycles. The topological polar surface area (TPSA) is 74.2 Å². The molecular weight excluding hydrogens is 170 g/mol. The van der Waals surface area contributed by atoms with Crippen molar-refractivity contribution in [3.05, 3.63) is 11.7 Å². The van der Waals surface area contributed by atoms with Gasteiger partial charge >= 0.3 is 0 Å². The van der Waals surface area contributed by atoms with Crippen LogP contribution in [-0.2, 0) is 17.9 Å². The molecule has 0 saturated heterocycles. The smallest absolute Gasteiger partial charge is 0.252 e. The van der Waals surface area contributed by atoms with Crippen LogP contribution in [0, 0.1) is 0 Å². The van der Waals surface area contributed by atoms with Gasteiger partial charge in [0.1, 0.15) is 6.61 Å². The van der Waals surface area contributed by atoms with E-state index in [-0.39, 0.29) is 0 Å². The zero-order valence-electron chi connectivity index (χ0n) is 7.82. The van der Waals surface area contributed by atoms with Crippen LogP contribution < -0.4 is 5.73 Å². The summed E-state index contributed by atoms with van der Waals surface area (Å²) in [5.74, 6) is 1.02. The van der Waals surface area contributed by atoms with E-state index in [0.29, 0.717) is 24.9 Å². The van der Waals surface area contributed by atoms with Gasteiger partial charge in [0.15, 0.2) is 5.82 Å². The molecular formula is C8H15N3O2. The number of nitrogens with zero attached hydrogens (tertiary/aromatic N) is 2. The largest absolute Gasteiger partial charge is 0.372 e. The summed E-state index contributed by atoms with van der Waals surface area (Å²) in [7, 11) is 0. The Bertz CT molecular complexity index is 237. The second-order valence-electron chi connectivity index (χ2n) is 2.71. The fourth-order valence-electron chi connectivity index (χ4n) is 0.838. The summed E-state index contributed by atoms with van der Waals surface area (Å²) in [6.07, 6.45) is 2.18. The summed E-state index contributed by atoms with van der Waals surface area (Å²) in [4.78, 5) is 4.00. The number of unbranched alkanes of at least 4 members (excludes halogenated alkanes) is 1. The molecule has 0 aliphatic rings. The van der Waals surface area contributed by atoms with Crippen molar-refractivity contribution in [3.8, 4) is 0 Å². The first-order chi connectivity index (χ1) is 6.36. The van der Waals surface area contributed by atoms with Gasteiger partial charge < -0.3 is 15.0 Å². The molecule has 1 heterocycles. The molecule has 0 saturated carbocycles. The highest BCUT2D eigenvalue weighted by Gasteiger charge is 2.03. The number of hydrogen-bond acceptors (Lipinski definition) is 5. The van der Waals surface area contributed by atoms with E-state index in [1.807, 2.05) is 0 Å². The average Bonchev–Trinajstić information content (AvgIpc) is 2.60. The van der Waals surface area contributed by atoms with E-state index in [2.05, 4.69) is 17.1 Å². The van der Waals surface area contributed by atoms with Crippen LogP contribution in [0.1, 0.15) is 31.5 Å². The lowest BCUT2D eigenvalue weighted by molar-refractivity contribution is 0.0953. The van der Waals surface area contributed by atoms with Crippen LogP contribution in [0.2, 0.25) is 0 Å². The maximum Gasteiger partial charge on any atom is 0.252 e. The predicted molar refractivity (Wildman–Crippen MR) is 46.8 cm³/mol. The first-order valence-corrected chi connectivity index (χ1v) is 4.46. The Morgan fingerprint density at radius 1 is 1.54 bits per heavy atom. The Hall–Kier alpha value is -0.940. The van der Waals surface area contributed by atoms with E-state index in [4.69, 9.17) is 15.0 Å². The van der Waals surface area contributed by atoms with Crippen LogP contribution in [0.3, 0.4) is 0 Å². The molecule has 1 aromatic rings. The van der Waals surface area contributed by atoms with Gasteiger partial charge in [-0.2, -0.15) is 4.98 Å². The normalized spacial score (nSPS) is 10.6. The van der Waals surface area contributed by atoms with Crippen LogP contribution in [-0.4, -0.2) is 16.7 Å². The molecule has 0 amide bonds. The molecule has 0 radical (unpaired) electrons. The van der Waals surface area contributed by atoms with Gasteiger partial charge in [0, 0.05) is 6.61 Å². The van der Waals surface area contributed by atoms with Crippen LogP contribution in [0.4, 0.5) is 0 Å². The SMILES string of the molecule is CCCCOCc1nc(CN)no1. The molecule has 5 heteroatoms. The molecule has 13 heavy (non-hydrogen) atoms. The summed E-state index contributed by atoms with van der Waals surface area (Å²) < 4.78 is 10.2. The Balaban J connectivity index is 2.20. The lowest BCUT2D eigenvalue weighted by Gasteiger charge is -1.97. The van der Waals surface area contributed by atoms with Crippen molar-refractivity contribution < 1.29 is 9.26 Å². The van der Waals surface area contributed by atoms with Crippen molar-refractivity contribution in [2.45, 2.75) is 32.9 Å². The summed E-state index contributed by atoms with van der Waals surface area (Å²) in [5, 5.41) is 3.64. The van der Waals surface area contributed by atoms with Gasteiger partial charge in [0.2, 0.25) is 0 Å². The maximum absolute atomic E-state index is 5.31. The number of ether oxygens (including phenoxy) is 1. The summed E-state index contributed by atoms with van der Waals surface area (Å²) >= 11 is 0. The van der Waals surface area contributed by atoms with Crippen LogP contribution >= 0.6 is 0 Å². The highest BCUT2D eigenvalue weighted by molar-refractivity contribution is 4.82. The standard InChI is InChI=1S/C8H15N3O2/c1-2-3-4-12-6-8-10-7(5-9)11-13-8/h2-6,9H2,1H3. The molecule has 5 nitrogen and oxygen atoms in total. The van der Waals surface area contributed by atoms with E-state index < -0.39 is 0 Å². The molecule has 0 spiro atoms. The quantitative estimate of drug-likeness (QED) is 0.665. The summed E-state index contributed by atoms with van der Waals surface area (Å²) in [6.45, 7) is 3.53. The van der Waals surface area contributed by atoms with Gasteiger partial charge in [-0.15, -0.1) is 0 Å². The van der Waals surface area contributed by atoms with Crippen LogP contribution in [0.5, 0.6) is 0 Å². The van der Waals surface area contributed by atoms with Gasteiger partial charge in [-0.3, -0.25) is 0 Å². The highest BCUT2D eigenvalue weighted by atomic mass is 16.5. The Labute approximate surface area is 77.3 Å². The van der Waals surface area contributed by atoms with Crippen molar-refractivity contribution in [1.82, 2.24) is 10.1 Å². The van der Waals surface area contributed by atoms with Gasteiger partial charge in [-0.25, -0.2) is 0 Å². The summed E-state index contributed by atoms with van der Waals surface area (Å²) in [5.41, 5.74) is 5.31. The Kier molecular flexibility index (Phi) is 4.42. The molecule has 1 aromatic heterocycles. The van der Waals surface area contributed by atoms with Crippen molar-refractivity contribution in [2.75, 3.05) is 6.61 Å². The van der Waals surface area contributed by atoms with Crippen molar-refractivity contribution in [1.29, 1.82) is 0 Å². The first kappa shape index (κ1) is 10.1. The van der Waals surface area contributed by atoms with Crippen molar-refractivity contribution in [2.24, 2.45) is 5.73 Å². The van der Waals surface area contributed by atoms with Gasteiger partial charge in [0.25, 0.3) is 5.89 Å². The van der Waals surface area contributed by atoms with E-state index >= 15 is 0 Å². The van der Waals surface area contributed by atoms with Crippen LogP contribution in [0.25, 0.3) is 0 Å². The molecule has 0 unspecified atom stereocenters. The minimum atomic E-state index is 0.304. The third-order valence-corrected chi connectivity index (χ3v) is 1.56. The molecule has 0 aromatic carbocycles. The van der Waals surface area contributed by atoms with Crippen molar-refractivity contribution in [3.63, 3.8) is 0 Å². The molecule has 1 rings (SSSR count). The molecule has 74 valence electrons. The van der Waals surface area contributed by atoms with E-state index in [0.717, 1.165) is 19.4 Å². The second-order valence-corrected chi connectivity index (χ2v) is 2.71. The van der Waals surface area contributed by atoms with Gasteiger partial charge in [-0.1, -0.05) is 18.5 Å². The van der Waals surface area contributed by atoms with Crippen LogP contribution in [0.15, 0.2) is 4.52 Å². The number of aromatic nitrogens is 2. The van der Waals surface area contributed by atoms with Gasteiger partial charge in [-0.05, 0) is 6.42 Å². The monoisotopic (exact) mass is 185 g/mol. The molecule has 0 bridgehead atoms. The van der Waals surface area contributed by atoms with E-state index in [9.17, 15) is 0 Å². The lowest BCUT2D eigenvalue weighted by Crippen LogP contribution is -1.99. The zero-order chi connectivity index (χ0) is 9.52. The minimum absolute atomic E-state index is 0.304. The molecule has 2 N–H and O–H groups in total. The maximum atomic E-state index is 5.31. The molecule has 0 fully saturated rings.